The summed E-state index contributed by atoms with van der Waals surface area (Å²) < 4.78 is 5.20. The third-order valence-electron chi connectivity index (χ3n) is 6.04. The molecule has 172 valence electrons. The highest BCUT2D eigenvalue weighted by atomic mass is 16.6. The number of rotatable bonds is 8. The van der Waals surface area contributed by atoms with Gasteiger partial charge < -0.3 is 19.3 Å². The van der Waals surface area contributed by atoms with E-state index in [9.17, 15) is 24.8 Å². The van der Waals surface area contributed by atoms with Crippen molar-refractivity contribution in [2.45, 2.75) is 25.3 Å². The summed E-state index contributed by atoms with van der Waals surface area (Å²) in [7, 11) is 0. The zero-order valence-corrected chi connectivity index (χ0v) is 18.1. The molecule has 0 spiro atoms. The van der Waals surface area contributed by atoms with Crippen molar-refractivity contribution in [1.82, 2.24) is 9.80 Å². The lowest BCUT2D eigenvalue weighted by Crippen LogP contribution is -2.40. The quantitative estimate of drug-likeness (QED) is 0.370. The number of ketones is 1. The SMILES string of the molecule is O=C(/C=C/c1ccco1)C1=C(O)C(=O)N(CCN2CCCCC2)C1c1ccc([N+](=O)[O-])cc1. The van der Waals surface area contributed by atoms with E-state index in [1.807, 2.05) is 0 Å². The lowest BCUT2D eigenvalue weighted by Gasteiger charge is -2.31. The van der Waals surface area contributed by atoms with Crippen molar-refractivity contribution in [2.75, 3.05) is 26.2 Å². The van der Waals surface area contributed by atoms with E-state index in [0.29, 0.717) is 24.4 Å². The molecule has 9 heteroatoms. The number of carbonyl (C=O) groups is 2. The number of likely N-dealkylation sites (tertiary alicyclic amines) is 1. The predicted molar refractivity (Wildman–Crippen MR) is 120 cm³/mol. The van der Waals surface area contributed by atoms with Crippen LogP contribution in [0.25, 0.3) is 6.08 Å². The van der Waals surface area contributed by atoms with E-state index in [0.717, 1.165) is 25.9 Å². The molecule has 2 aliphatic rings. The summed E-state index contributed by atoms with van der Waals surface area (Å²) in [6.07, 6.45) is 7.59. The lowest BCUT2D eigenvalue weighted by atomic mass is 9.95. The maximum Gasteiger partial charge on any atom is 0.290 e. The fraction of sp³-hybridized carbons (Fsp3) is 0.333. The van der Waals surface area contributed by atoms with Gasteiger partial charge in [-0.1, -0.05) is 6.42 Å². The van der Waals surface area contributed by atoms with E-state index in [4.69, 9.17) is 4.42 Å². The van der Waals surface area contributed by atoms with Gasteiger partial charge in [0, 0.05) is 25.2 Å². The number of nitrogens with zero attached hydrogens (tertiary/aromatic N) is 3. The Morgan fingerprint density at radius 2 is 1.88 bits per heavy atom. The minimum Gasteiger partial charge on any atom is -0.503 e. The first-order valence-electron chi connectivity index (χ1n) is 10.9. The van der Waals surface area contributed by atoms with E-state index in [-0.39, 0.29) is 11.3 Å². The number of benzene rings is 1. The van der Waals surface area contributed by atoms with E-state index in [1.165, 1.54) is 54.0 Å². The van der Waals surface area contributed by atoms with Crippen LogP contribution in [0.2, 0.25) is 0 Å². The summed E-state index contributed by atoms with van der Waals surface area (Å²) in [6.45, 7) is 2.83. The largest absolute Gasteiger partial charge is 0.503 e. The minimum absolute atomic E-state index is 0.0460. The third kappa shape index (κ3) is 4.88. The second-order valence-corrected chi connectivity index (χ2v) is 8.13. The number of aliphatic hydroxyl groups excluding tert-OH is 1. The average molecular weight is 451 g/mol. The van der Waals surface area contributed by atoms with Crippen LogP contribution in [0.15, 0.2) is 64.5 Å². The second kappa shape index (κ2) is 9.83. The van der Waals surface area contributed by atoms with Gasteiger partial charge in [0.25, 0.3) is 11.6 Å². The first-order chi connectivity index (χ1) is 16.0. The summed E-state index contributed by atoms with van der Waals surface area (Å²) in [4.78, 5) is 40.3. The first kappa shape index (κ1) is 22.5. The zero-order valence-electron chi connectivity index (χ0n) is 18.1. The molecule has 1 aromatic heterocycles. The molecule has 2 aliphatic heterocycles. The van der Waals surface area contributed by atoms with Gasteiger partial charge >= 0.3 is 0 Å². The van der Waals surface area contributed by atoms with Crippen LogP contribution in [0.1, 0.15) is 36.6 Å². The number of nitro benzene ring substituents is 1. The molecule has 1 N–H and O–H groups in total. The highest BCUT2D eigenvalue weighted by Crippen LogP contribution is 2.38. The van der Waals surface area contributed by atoms with Gasteiger partial charge in [-0.2, -0.15) is 0 Å². The summed E-state index contributed by atoms with van der Waals surface area (Å²) in [6, 6.07) is 8.23. The number of carbonyl (C=O) groups excluding carboxylic acids is 2. The van der Waals surface area contributed by atoms with Crippen molar-refractivity contribution in [1.29, 1.82) is 0 Å². The van der Waals surface area contributed by atoms with Gasteiger partial charge in [-0.3, -0.25) is 19.7 Å². The van der Waals surface area contributed by atoms with Crippen LogP contribution in [-0.4, -0.2) is 57.7 Å². The minimum atomic E-state index is -0.836. The van der Waals surface area contributed by atoms with Crippen LogP contribution in [0.3, 0.4) is 0 Å². The Labute approximate surface area is 190 Å². The molecule has 1 amide bonds. The Kier molecular flexibility index (Phi) is 6.69. The number of hydrogen-bond donors (Lipinski definition) is 1. The molecule has 2 aromatic rings. The molecular formula is C24H25N3O6. The van der Waals surface area contributed by atoms with Crippen LogP contribution < -0.4 is 0 Å². The Balaban J connectivity index is 1.63. The summed E-state index contributed by atoms with van der Waals surface area (Å²) in [5, 5.41) is 21.7. The van der Waals surface area contributed by atoms with Gasteiger partial charge in [0.15, 0.2) is 11.5 Å². The maximum atomic E-state index is 13.1. The van der Waals surface area contributed by atoms with Crippen molar-refractivity contribution >= 4 is 23.5 Å². The number of hydrogen-bond acceptors (Lipinski definition) is 7. The predicted octanol–water partition coefficient (Wildman–Crippen LogP) is 3.65. The summed E-state index contributed by atoms with van der Waals surface area (Å²) in [5.74, 6) is -1.28. The number of allylic oxidation sites excluding steroid dienone is 1. The molecule has 0 bridgehead atoms. The van der Waals surface area contributed by atoms with Crippen LogP contribution in [0.4, 0.5) is 5.69 Å². The van der Waals surface area contributed by atoms with Crippen molar-refractivity contribution in [3.8, 4) is 0 Å². The fourth-order valence-electron chi connectivity index (χ4n) is 4.33. The standard InChI is InChI=1S/C24H25N3O6/c28-20(11-10-19-5-4-16-33-19)21-22(17-6-8-18(9-7-17)27(31)32)26(24(30)23(21)29)15-14-25-12-2-1-3-13-25/h4-11,16,22,29H,1-3,12-15H2/b11-10+. The highest BCUT2D eigenvalue weighted by molar-refractivity contribution is 6.14. The normalized spacial score (nSPS) is 19.6. The van der Waals surface area contributed by atoms with E-state index in [2.05, 4.69) is 4.90 Å². The number of aliphatic hydroxyl groups is 1. The highest BCUT2D eigenvalue weighted by Gasteiger charge is 2.43. The second-order valence-electron chi connectivity index (χ2n) is 8.13. The van der Waals surface area contributed by atoms with Gasteiger partial charge in [0.1, 0.15) is 5.76 Å². The van der Waals surface area contributed by atoms with Crippen LogP contribution in [-0.2, 0) is 9.59 Å². The number of non-ortho nitro benzene ring substituents is 1. The smallest absolute Gasteiger partial charge is 0.290 e. The summed E-state index contributed by atoms with van der Waals surface area (Å²) in [5.41, 5.74) is 0.378. The van der Waals surface area contributed by atoms with Crippen molar-refractivity contribution < 1.29 is 24.0 Å². The monoisotopic (exact) mass is 451 g/mol. The molecule has 9 nitrogen and oxygen atoms in total. The average Bonchev–Trinajstić information content (AvgIpc) is 3.44. The van der Waals surface area contributed by atoms with Gasteiger partial charge in [0.2, 0.25) is 0 Å². The van der Waals surface area contributed by atoms with Gasteiger partial charge in [-0.05, 0) is 67.9 Å². The molecule has 1 atom stereocenters. The Morgan fingerprint density at radius 3 is 2.52 bits per heavy atom. The first-order valence-corrected chi connectivity index (χ1v) is 10.9. The van der Waals surface area contributed by atoms with Crippen LogP contribution >= 0.6 is 0 Å². The molecule has 1 unspecified atom stereocenters. The number of piperidine rings is 1. The van der Waals surface area contributed by atoms with Gasteiger partial charge in [0.05, 0.1) is 22.8 Å². The molecule has 33 heavy (non-hydrogen) atoms. The molecule has 4 rings (SSSR count). The number of nitro groups is 1. The maximum absolute atomic E-state index is 13.1. The third-order valence-corrected chi connectivity index (χ3v) is 6.04. The molecule has 1 saturated heterocycles. The topological polar surface area (TPSA) is 117 Å². The molecule has 1 fully saturated rings. The van der Waals surface area contributed by atoms with E-state index < -0.39 is 28.4 Å². The molecule has 0 aliphatic carbocycles. The Bertz CT molecular complexity index is 1080. The van der Waals surface area contributed by atoms with Gasteiger partial charge in [-0.25, -0.2) is 0 Å². The van der Waals surface area contributed by atoms with Crippen LogP contribution in [0, 0.1) is 10.1 Å². The van der Waals surface area contributed by atoms with E-state index in [1.54, 1.807) is 12.1 Å². The molecule has 3 heterocycles. The number of amides is 1. The van der Waals surface area contributed by atoms with Crippen molar-refractivity contribution in [3.63, 3.8) is 0 Å². The fourth-order valence-corrected chi connectivity index (χ4v) is 4.33. The zero-order chi connectivity index (χ0) is 23.4. The Morgan fingerprint density at radius 1 is 1.15 bits per heavy atom. The molecule has 1 aromatic carbocycles. The lowest BCUT2D eigenvalue weighted by molar-refractivity contribution is -0.384. The molecule has 0 radical (unpaired) electrons. The molecule has 0 saturated carbocycles. The van der Waals surface area contributed by atoms with Gasteiger partial charge in [-0.15, -0.1) is 0 Å². The van der Waals surface area contributed by atoms with Crippen molar-refractivity contribution in [2.24, 2.45) is 0 Å². The van der Waals surface area contributed by atoms with Crippen molar-refractivity contribution in [3.05, 3.63) is 81.5 Å². The number of furan rings is 1. The van der Waals surface area contributed by atoms with E-state index >= 15 is 0 Å². The Hall–Kier alpha value is -3.72. The summed E-state index contributed by atoms with van der Waals surface area (Å²) >= 11 is 0. The molecular weight excluding hydrogens is 426 g/mol. The van der Waals surface area contributed by atoms with Crippen LogP contribution in [0.5, 0.6) is 0 Å².